The molecule has 3 rings (SSSR count). The van der Waals surface area contributed by atoms with Gasteiger partial charge in [0.25, 0.3) is 5.91 Å². The Morgan fingerprint density at radius 1 is 1.17 bits per heavy atom. The molecule has 4 atom stereocenters. The minimum Gasteiger partial charge on any atom is -0.493 e. The maximum atomic E-state index is 14.4. The molecule has 0 unspecified atom stereocenters. The molecule has 1 heterocycles. The quantitative estimate of drug-likeness (QED) is 0.576. The second-order valence-corrected chi connectivity index (χ2v) is 9.71. The molecule has 7 nitrogen and oxygen atoms in total. The molecular formula is C21H20F6N2O5S. The molecular weight excluding hydrogens is 506 g/mol. The minimum atomic E-state index is -4.98. The number of anilines is 1. The number of carbonyl (C=O) groups excluding carboxylic acids is 1. The number of halogens is 6. The van der Waals surface area contributed by atoms with Crippen molar-refractivity contribution in [2.24, 2.45) is 11.1 Å². The average Bonchev–Trinajstić information content (AvgIpc) is 3.01. The Morgan fingerprint density at radius 2 is 1.80 bits per heavy atom. The highest BCUT2D eigenvalue weighted by Gasteiger charge is 2.65. The van der Waals surface area contributed by atoms with Crippen LogP contribution < -0.4 is 15.2 Å². The van der Waals surface area contributed by atoms with Gasteiger partial charge in [0.15, 0.2) is 17.2 Å². The molecule has 192 valence electrons. The normalized spacial score (nSPS) is 24.9. The third-order valence-electron chi connectivity index (χ3n) is 6.04. The molecule has 2 aromatic carbocycles. The van der Waals surface area contributed by atoms with Crippen molar-refractivity contribution < 1.29 is 49.0 Å². The van der Waals surface area contributed by atoms with Crippen molar-refractivity contribution in [3.05, 3.63) is 53.3 Å². The molecule has 0 bridgehead atoms. The smallest absolute Gasteiger partial charge is 0.417 e. The van der Waals surface area contributed by atoms with Crippen LogP contribution >= 0.6 is 0 Å². The lowest BCUT2D eigenvalue weighted by Crippen LogP contribution is -2.47. The molecule has 0 spiro atoms. The van der Waals surface area contributed by atoms with E-state index in [0.29, 0.717) is 25.1 Å². The van der Waals surface area contributed by atoms with Crippen LogP contribution in [-0.4, -0.2) is 39.3 Å². The van der Waals surface area contributed by atoms with E-state index in [1.807, 2.05) is 0 Å². The SMILES string of the molecule is COc1c([C@H]2[C@H](C(=O)Nc3cc(F)cc(S(N)(=O)=O)c3)O[C@@](C)(C(F)(F)F)[C@H]2C)ccc(F)c1F. The monoisotopic (exact) mass is 526 g/mol. The van der Waals surface area contributed by atoms with Gasteiger partial charge in [0.1, 0.15) is 11.9 Å². The van der Waals surface area contributed by atoms with Crippen LogP contribution in [0.5, 0.6) is 5.75 Å². The molecule has 1 saturated heterocycles. The van der Waals surface area contributed by atoms with E-state index in [9.17, 15) is 39.6 Å². The molecule has 0 aromatic heterocycles. The summed E-state index contributed by atoms with van der Waals surface area (Å²) in [4.78, 5) is 12.4. The van der Waals surface area contributed by atoms with Crippen molar-refractivity contribution in [2.75, 3.05) is 12.4 Å². The minimum absolute atomic E-state index is 0.267. The predicted molar refractivity (Wildman–Crippen MR) is 111 cm³/mol. The Bertz CT molecular complexity index is 1270. The zero-order valence-electron chi connectivity index (χ0n) is 18.4. The summed E-state index contributed by atoms with van der Waals surface area (Å²) in [7, 11) is -3.41. The zero-order valence-corrected chi connectivity index (χ0v) is 19.2. The van der Waals surface area contributed by atoms with Crippen LogP contribution in [0.4, 0.5) is 32.0 Å². The second-order valence-electron chi connectivity index (χ2n) is 8.15. The number of nitrogens with two attached hydrogens (primary N) is 1. The van der Waals surface area contributed by atoms with Crippen LogP contribution in [-0.2, 0) is 19.6 Å². The van der Waals surface area contributed by atoms with E-state index in [2.05, 4.69) is 5.32 Å². The van der Waals surface area contributed by atoms with Gasteiger partial charge in [-0.25, -0.2) is 22.3 Å². The number of hydrogen-bond acceptors (Lipinski definition) is 5. The summed E-state index contributed by atoms with van der Waals surface area (Å²) >= 11 is 0. The van der Waals surface area contributed by atoms with Gasteiger partial charge in [0.2, 0.25) is 15.8 Å². The highest BCUT2D eigenvalue weighted by molar-refractivity contribution is 7.89. The predicted octanol–water partition coefficient (Wildman–Crippen LogP) is 3.84. The van der Waals surface area contributed by atoms with Crippen molar-refractivity contribution in [2.45, 2.75) is 42.5 Å². The average molecular weight is 526 g/mol. The molecule has 35 heavy (non-hydrogen) atoms. The summed E-state index contributed by atoms with van der Waals surface area (Å²) in [5, 5.41) is 7.08. The molecule has 1 aliphatic heterocycles. The number of amides is 1. The molecule has 0 saturated carbocycles. The number of rotatable bonds is 5. The lowest BCUT2D eigenvalue weighted by Gasteiger charge is -2.32. The molecule has 0 aliphatic carbocycles. The first kappa shape index (κ1) is 26.8. The number of hydrogen-bond donors (Lipinski definition) is 2. The first-order chi connectivity index (χ1) is 16.0. The lowest BCUT2D eigenvalue weighted by atomic mass is 9.77. The number of nitrogens with one attached hydrogen (secondary N) is 1. The van der Waals surface area contributed by atoms with Crippen LogP contribution in [0.25, 0.3) is 0 Å². The maximum Gasteiger partial charge on any atom is 0.417 e. The Kier molecular flexibility index (Phi) is 6.87. The highest BCUT2D eigenvalue weighted by atomic mass is 32.2. The molecule has 1 amide bonds. The summed E-state index contributed by atoms with van der Waals surface area (Å²) in [6.45, 7) is 1.82. The van der Waals surface area contributed by atoms with Gasteiger partial charge in [-0.3, -0.25) is 4.79 Å². The van der Waals surface area contributed by atoms with Gasteiger partial charge in [-0.15, -0.1) is 0 Å². The maximum absolute atomic E-state index is 14.4. The van der Waals surface area contributed by atoms with Crippen LogP contribution in [0.3, 0.4) is 0 Å². The Labute approximate surface area is 196 Å². The summed E-state index contributed by atoms with van der Waals surface area (Å²) in [6.07, 6.45) is -6.93. The van der Waals surface area contributed by atoms with E-state index in [1.165, 1.54) is 0 Å². The van der Waals surface area contributed by atoms with Crippen molar-refractivity contribution >= 4 is 21.6 Å². The number of primary sulfonamides is 1. The number of sulfonamides is 1. The van der Waals surface area contributed by atoms with E-state index in [1.54, 1.807) is 0 Å². The number of benzene rings is 2. The number of carbonyl (C=O) groups is 1. The Balaban J connectivity index is 2.11. The van der Waals surface area contributed by atoms with Crippen molar-refractivity contribution in [1.82, 2.24) is 0 Å². The van der Waals surface area contributed by atoms with E-state index in [-0.39, 0.29) is 5.56 Å². The number of alkyl halides is 3. The summed E-state index contributed by atoms with van der Waals surface area (Å²) in [6, 6.07) is 3.73. The Morgan fingerprint density at radius 3 is 2.34 bits per heavy atom. The molecule has 2 aromatic rings. The van der Waals surface area contributed by atoms with Crippen LogP contribution in [0, 0.1) is 23.4 Å². The third-order valence-corrected chi connectivity index (χ3v) is 6.93. The van der Waals surface area contributed by atoms with Gasteiger partial charge < -0.3 is 14.8 Å². The fourth-order valence-corrected chi connectivity index (χ4v) is 4.62. The van der Waals surface area contributed by atoms with Gasteiger partial charge in [-0.2, -0.15) is 17.6 Å². The molecule has 0 radical (unpaired) electrons. The van der Waals surface area contributed by atoms with Crippen LogP contribution in [0.15, 0.2) is 35.2 Å². The summed E-state index contributed by atoms with van der Waals surface area (Å²) < 4.78 is 117. The summed E-state index contributed by atoms with van der Waals surface area (Å²) in [5.74, 6) is -8.86. The van der Waals surface area contributed by atoms with E-state index in [0.717, 1.165) is 26.2 Å². The van der Waals surface area contributed by atoms with E-state index in [4.69, 9.17) is 14.6 Å². The standard InChI is InChI=1S/C21H20F6N2O5S/c1-9-15(13-4-5-14(23)16(24)17(13)33-3)18(34-20(9,2)21(25,26)27)19(30)29-11-6-10(22)7-12(8-11)35(28,31)32/h4-9,15,18H,1-3H3,(H,29,30)(H2,28,31,32)/t9-,15-,18+,20+/m0/s1. The number of ether oxygens (including phenoxy) is 2. The van der Waals surface area contributed by atoms with Gasteiger partial charge in [0.05, 0.1) is 12.0 Å². The second kappa shape index (κ2) is 8.99. The third kappa shape index (κ3) is 4.82. The zero-order chi connectivity index (χ0) is 26.5. The van der Waals surface area contributed by atoms with Crippen molar-refractivity contribution in [3.63, 3.8) is 0 Å². The topological polar surface area (TPSA) is 108 Å². The van der Waals surface area contributed by atoms with Gasteiger partial charge in [-0.05, 0) is 31.2 Å². The fourth-order valence-electron chi connectivity index (χ4n) is 4.05. The van der Waals surface area contributed by atoms with E-state index < -0.39 is 79.4 Å². The fraction of sp³-hybridized carbons (Fsp3) is 0.381. The first-order valence-electron chi connectivity index (χ1n) is 9.92. The molecule has 3 N–H and O–H groups in total. The largest absolute Gasteiger partial charge is 0.493 e. The summed E-state index contributed by atoms with van der Waals surface area (Å²) in [5.41, 5.74) is -3.60. The highest BCUT2D eigenvalue weighted by Crippen LogP contribution is 2.55. The van der Waals surface area contributed by atoms with Gasteiger partial charge in [-0.1, -0.05) is 13.0 Å². The molecule has 1 fully saturated rings. The molecule has 14 heteroatoms. The van der Waals surface area contributed by atoms with Crippen LogP contribution in [0.2, 0.25) is 0 Å². The van der Waals surface area contributed by atoms with Gasteiger partial charge >= 0.3 is 6.18 Å². The lowest BCUT2D eigenvalue weighted by molar-refractivity contribution is -0.272. The number of methoxy groups -OCH3 is 1. The Hall–Kier alpha value is -2.84. The van der Waals surface area contributed by atoms with Crippen LogP contribution in [0.1, 0.15) is 25.3 Å². The van der Waals surface area contributed by atoms with Gasteiger partial charge in [0, 0.05) is 23.1 Å². The van der Waals surface area contributed by atoms with Crippen molar-refractivity contribution in [3.8, 4) is 5.75 Å². The van der Waals surface area contributed by atoms with E-state index >= 15 is 0 Å². The van der Waals surface area contributed by atoms with Crippen molar-refractivity contribution in [1.29, 1.82) is 0 Å². The molecule has 1 aliphatic rings. The first-order valence-corrected chi connectivity index (χ1v) is 11.5.